The highest BCUT2D eigenvalue weighted by molar-refractivity contribution is 7.98. The summed E-state index contributed by atoms with van der Waals surface area (Å²) in [7, 11) is -3.93. The van der Waals surface area contributed by atoms with Crippen LogP contribution in [0.3, 0.4) is 0 Å². The highest BCUT2D eigenvalue weighted by Gasteiger charge is 2.44. The van der Waals surface area contributed by atoms with E-state index in [0.29, 0.717) is 4.90 Å². The zero-order valence-electron chi connectivity index (χ0n) is 73.3. The summed E-state index contributed by atoms with van der Waals surface area (Å²) < 4.78 is 345. The summed E-state index contributed by atoms with van der Waals surface area (Å²) in [6, 6.07) is 88.4. The minimum absolute atomic E-state index is 0.0548. The van der Waals surface area contributed by atoms with Crippen molar-refractivity contribution in [2.24, 2.45) is 0 Å². The number of rotatable bonds is 8. The van der Waals surface area contributed by atoms with Crippen molar-refractivity contribution >= 4 is 196 Å². The molecular formula is C111H60F24OS7+6. The molecule has 1 nitrogen and oxygen atoms in total. The largest absolute Gasteiger partial charge is 0.497 e. The average molecular weight is 2090 g/mol. The first kappa shape index (κ1) is 97.6. The third-order valence-corrected chi connectivity index (χ3v) is 38.3. The van der Waals surface area contributed by atoms with Crippen LogP contribution in [-0.2, 0) is 0 Å². The van der Waals surface area contributed by atoms with E-state index in [1.807, 2.05) is 103 Å². The van der Waals surface area contributed by atoms with E-state index in [-0.39, 0.29) is 70.3 Å². The van der Waals surface area contributed by atoms with Gasteiger partial charge < -0.3 is 4.74 Å². The molecule has 714 valence electrons. The zero-order valence-corrected chi connectivity index (χ0v) is 79.0. The molecule has 24 rings (SSSR count). The number of thiophene rings is 6. The Hall–Kier alpha value is -14.3. The fourth-order valence-electron chi connectivity index (χ4n) is 17.2. The first-order chi connectivity index (χ1) is 68.8. The van der Waals surface area contributed by atoms with Crippen LogP contribution >= 0.6 is 74.6 Å². The van der Waals surface area contributed by atoms with Crippen LogP contribution in [0.2, 0.25) is 0 Å². The van der Waals surface area contributed by atoms with Gasteiger partial charge in [-0.15, -0.1) is 11.8 Å². The van der Waals surface area contributed by atoms with Gasteiger partial charge in [0.25, 0.3) is 0 Å². The molecule has 24 aromatic rings. The Labute approximate surface area is 814 Å². The second kappa shape index (κ2) is 39.6. The van der Waals surface area contributed by atoms with E-state index < -0.39 is 182 Å². The van der Waals surface area contributed by atoms with Crippen LogP contribution in [-0.4, -0.2) is 13.4 Å². The number of methoxy groups -OCH3 is 1. The lowest BCUT2D eigenvalue weighted by Gasteiger charge is -1.99. The average Bonchev–Trinajstić information content (AvgIpc) is 1.54. The number of aryl methyl sites for hydroxylation is 1. The lowest BCUT2D eigenvalue weighted by Crippen LogP contribution is -1.98. The fourth-order valence-corrected chi connectivity index (χ4v) is 31.8. The summed E-state index contributed by atoms with van der Waals surface area (Å²) in [5, 5.41) is 3.21. The normalized spacial score (nSPS) is 12.0. The molecule has 0 N–H and O–H groups in total. The van der Waals surface area contributed by atoms with Crippen LogP contribution in [0.5, 0.6) is 5.75 Å². The van der Waals surface area contributed by atoms with Crippen molar-refractivity contribution in [1.82, 2.24) is 0 Å². The van der Waals surface area contributed by atoms with E-state index in [1.165, 1.54) is 105 Å². The predicted molar refractivity (Wildman–Crippen MR) is 534 cm³/mol. The summed E-state index contributed by atoms with van der Waals surface area (Å²) in [5.74, 6) is -36.2. The molecule has 6 aromatic heterocycles. The summed E-state index contributed by atoms with van der Waals surface area (Å²) >= 11 is 1.75. The standard InChI is InChI=1S/C19H7F8S.C19H14FOS.C19H14FS2.C18H4F9S.C18H10F3S.C18H11F2S/c1-6-2-4-7(5-3-6)28-18-8(10(20)12(22)14(24)16(18)26)9-11(21)13(23)15(25)17(27)19(9)28;2*1-21-14-7-9-15(10-8-14)22-18-5-3-2-4-16(18)17-12-13(20)6-11-19(17)22;19-5-1-3-6(4-2-5)28-17-7(9(20)11(22)13(24)15(17)26)8-10(21)12(23)14(25)16(27)18(8)28;19-11-5-7-17-14(9-11)13-3-1-2-4-16(13)22(17)18-8-6-12(20)10-15(18)21;19-12-5-8-14(9-6-12)21-17-4-2-1-3-15(17)16-11-13(20)7-10-18(16)21/h2-5H,1H3;2*2-12H,1H3;1-4H;1-10H;1-11H/q6*+1. The van der Waals surface area contributed by atoms with Gasteiger partial charge in [0.2, 0.25) is 70.2 Å². The minimum atomic E-state index is -2.32. The van der Waals surface area contributed by atoms with E-state index in [1.54, 1.807) is 62.2 Å². The molecule has 32 heteroatoms. The van der Waals surface area contributed by atoms with Crippen molar-refractivity contribution in [3.8, 4) is 35.1 Å². The number of halogens is 24. The summed E-state index contributed by atoms with van der Waals surface area (Å²) in [5.41, 5.74) is 0.723. The number of ether oxygens (including phenoxy) is 1. The van der Waals surface area contributed by atoms with Gasteiger partial charge in [-0.05, 0) is 189 Å². The molecular weight excluding hydrogens is 2030 g/mol. The van der Waals surface area contributed by atoms with Gasteiger partial charge in [0.05, 0.1) is 50.2 Å². The first-order valence-corrected chi connectivity index (χ1v) is 51.1. The van der Waals surface area contributed by atoms with Crippen LogP contribution in [0.15, 0.2) is 314 Å². The Morgan fingerprint density at radius 3 is 0.727 bits per heavy atom. The van der Waals surface area contributed by atoms with E-state index in [2.05, 4.69) is 79.1 Å². The van der Waals surface area contributed by atoms with Crippen LogP contribution in [0.25, 0.3) is 150 Å². The first-order valence-electron chi connectivity index (χ1n) is 42.5. The molecule has 0 fully saturated rings. The monoisotopic (exact) mass is 2090 g/mol. The van der Waals surface area contributed by atoms with Crippen molar-refractivity contribution in [3.05, 3.63) is 455 Å². The molecule has 0 bridgehead atoms. The molecule has 4 atom stereocenters. The van der Waals surface area contributed by atoms with Crippen molar-refractivity contribution in [1.29, 1.82) is 0 Å². The zero-order chi connectivity index (χ0) is 101. The number of thioether (sulfide) groups is 1. The Balaban J connectivity index is 0.000000109. The van der Waals surface area contributed by atoms with Gasteiger partial charge in [-0.25, -0.2) is 87.8 Å². The SMILES string of the molecule is COc1ccc(-[s+]2c3ccccc3c3cc(F)ccc32)cc1.CSc1ccc(-[s+]2c3ccccc3c3cc(F)ccc32)cc1.Cc1ccc(-[s+]2c3c(F)c(F)c(F)c(F)c3c3c(F)c(F)c(F)c(F)c32)cc1.Fc1ccc(-[s+]2c3c(F)c(F)c(F)c(F)c3c3c(F)c(F)c(F)c(F)c32)cc1.Fc1ccc(-[s+]2c3ccccc3c3cc(F)ccc32)c(F)c1.Fc1ccc(-[s+]2c3ccccc3c3cc(F)ccc32)cc1. The van der Waals surface area contributed by atoms with Gasteiger partial charge in [-0.1, -0.05) is 66.2 Å². The van der Waals surface area contributed by atoms with Gasteiger partial charge in [0.15, 0.2) is 114 Å². The molecule has 143 heavy (non-hydrogen) atoms. The van der Waals surface area contributed by atoms with E-state index in [0.717, 1.165) is 104 Å². The van der Waals surface area contributed by atoms with Crippen molar-refractivity contribution in [2.45, 2.75) is 11.8 Å². The molecule has 0 aliphatic heterocycles. The van der Waals surface area contributed by atoms with Crippen LogP contribution in [0.4, 0.5) is 105 Å². The maximum atomic E-state index is 14.6. The smallest absolute Gasteiger partial charge is 0.229 e. The highest BCUT2D eigenvalue weighted by atomic mass is 32.2. The van der Waals surface area contributed by atoms with Crippen molar-refractivity contribution < 1.29 is 110 Å². The van der Waals surface area contributed by atoms with E-state index >= 15 is 0 Å². The minimum Gasteiger partial charge on any atom is -0.497 e. The summed E-state index contributed by atoms with van der Waals surface area (Å²) in [6.07, 6.45) is 2.08. The number of benzene rings is 18. The van der Waals surface area contributed by atoms with Gasteiger partial charge in [0, 0.05) is 162 Å². The summed E-state index contributed by atoms with van der Waals surface area (Å²) in [4.78, 5) is 5.12. The third kappa shape index (κ3) is 17.4. The molecule has 0 aliphatic carbocycles. The van der Waals surface area contributed by atoms with Gasteiger partial charge in [-0.2, -0.15) is 17.6 Å². The molecule has 4 unspecified atom stereocenters. The van der Waals surface area contributed by atoms with E-state index in [9.17, 15) is 105 Å². The maximum absolute atomic E-state index is 14.6. The van der Waals surface area contributed by atoms with Crippen LogP contribution in [0.1, 0.15) is 5.56 Å². The Morgan fingerprint density at radius 2 is 0.434 bits per heavy atom. The van der Waals surface area contributed by atoms with E-state index in [4.69, 9.17) is 4.74 Å². The second-order valence-electron chi connectivity index (χ2n) is 31.9. The fraction of sp³-hybridized carbons (Fsp3) is 0.0270. The third-order valence-electron chi connectivity index (χ3n) is 23.5. The summed E-state index contributed by atoms with van der Waals surface area (Å²) in [6.45, 7) is 1.69. The number of hydrogen-bond acceptors (Lipinski definition) is 2. The molecule has 0 saturated carbocycles. The highest BCUT2D eigenvalue weighted by Crippen LogP contribution is 2.59. The van der Waals surface area contributed by atoms with Crippen LogP contribution < -0.4 is 4.74 Å². The lowest BCUT2D eigenvalue weighted by atomic mass is 10.1. The molecule has 6 heterocycles. The van der Waals surface area contributed by atoms with Crippen molar-refractivity contribution in [3.63, 3.8) is 0 Å². The Kier molecular flexibility index (Phi) is 27.0. The van der Waals surface area contributed by atoms with Gasteiger partial charge in [0.1, 0.15) is 46.5 Å². The predicted octanol–water partition coefficient (Wildman–Crippen LogP) is 38.8. The van der Waals surface area contributed by atoms with Gasteiger partial charge in [-0.3, -0.25) is 0 Å². The molecule has 0 saturated heterocycles. The molecule has 0 aliphatic rings. The van der Waals surface area contributed by atoms with Crippen molar-refractivity contribution in [2.75, 3.05) is 13.4 Å². The molecule has 18 aromatic carbocycles. The van der Waals surface area contributed by atoms with Crippen LogP contribution in [0, 0.1) is 147 Å². The maximum Gasteiger partial charge on any atom is 0.229 e. The van der Waals surface area contributed by atoms with Gasteiger partial charge >= 0.3 is 0 Å². The number of hydrogen-bond donors (Lipinski definition) is 0. The lowest BCUT2D eigenvalue weighted by molar-refractivity contribution is 0.415. The Morgan fingerprint density at radius 1 is 0.203 bits per heavy atom. The quantitative estimate of drug-likeness (QED) is 0.0493. The topological polar surface area (TPSA) is 9.23 Å². The molecule has 0 spiro atoms. The second-order valence-corrected chi connectivity index (χ2v) is 44.4. The molecule has 0 amide bonds. The number of fused-ring (bicyclic) bond motifs is 18. The molecule has 0 radical (unpaired) electrons. The Bertz CT molecular complexity index is 8710.